The number of amides is 1. The summed E-state index contributed by atoms with van der Waals surface area (Å²) in [6.45, 7) is 2.36. The number of rotatable bonds is 8. The number of hydrogen-bond donors (Lipinski definition) is 1. The molecule has 3 rings (SSSR count). The third-order valence-electron chi connectivity index (χ3n) is 3.59. The number of halogens is 1. The van der Waals surface area contributed by atoms with Crippen molar-refractivity contribution < 1.29 is 14.5 Å². The normalized spacial score (nSPS) is 10.6. The number of anilines is 1. The van der Waals surface area contributed by atoms with Crippen molar-refractivity contribution in [2.24, 2.45) is 0 Å². The molecule has 1 aromatic heterocycles. The van der Waals surface area contributed by atoms with Crippen LogP contribution in [0.5, 0.6) is 5.75 Å². The van der Waals surface area contributed by atoms with E-state index in [1.165, 1.54) is 22.9 Å². The van der Waals surface area contributed by atoms with E-state index in [0.717, 1.165) is 11.8 Å². The molecule has 10 nitrogen and oxygen atoms in total. The summed E-state index contributed by atoms with van der Waals surface area (Å²) in [4.78, 5) is 22.6. The molecule has 0 fully saturated rings. The molecule has 0 aliphatic carbocycles. The molecule has 0 saturated carbocycles. The highest BCUT2D eigenvalue weighted by atomic mass is 35.5. The summed E-state index contributed by atoms with van der Waals surface area (Å²) in [6.07, 6.45) is 0. The molecule has 3 aromatic rings. The highest BCUT2D eigenvalue weighted by Gasteiger charge is 2.16. The number of para-hydroxylation sites is 2. The smallest absolute Gasteiger partial charge is 0.289 e. The van der Waals surface area contributed by atoms with Crippen LogP contribution in [0, 0.1) is 10.1 Å². The van der Waals surface area contributed by atoms with Crippen LogP contribution >= 0.6 is 23.4 Å². The van der Waals surface area contributed by atoms with Crippen LogP contribution in [-0.4, -0.2) is 43.4 Å². The zero-order valence-corrected chi connectivity index (χ0v) is 16.7. The summed E-state index contributed by atoms with van der Waals surface area (Å²) in [7, 11) is 0. The number of hydrogen-bond acceptors (Lipinski definition) is 8. The van der Waals surface area contributed by atoms with Crippen molar-refractivity contribution in [1.29, 1.82) is 0 Å². The second kappa shape index (κ2) is 9.34. The van der Waals surface area contributed by atoms with Gasteiger partial charge in [0, 0.05) is 11.8 Å². The lowest BCUT2D eigenvalue weighted by Gasteiger charge is -2.10. The predicted molar refractivity (Wildman–Crippen MR) is 108 cm³/mol. The molecule has 0 aliphatic heterocycles. The number of carbonyl (C=O) groups excluding carboxylic acids is 1. The van der Waals surface area contributed by atoms with E-state index in [1.807, 2.05) is 19.1 Å². The number of carbonyl (C=O) groups is 1. The van der Waals surface area contributed by atoms with Crippen molar-refractivity contribution in [2.45, 2.75) is 12.1 Å². The summed E-state index contributed by atoms with van der Waals surface area (Å²) >= 11 is 6.89. The van der Waals surface area contributed by atoms with E-state index < -0.39 is 4.92 Å². The number of thioether (sulfide) groups is 1. The zero-order chi connectivity index (χ0) is 20.8. The Bertz CT molecular complexity index is 1040. The van der Waals surface area contributed by atoms with E-state index in [2.05, 4.69) is 20.8 Å². The van der Waals surface area contributed by atoms with Gasteiger partial charge in [-0.3, -0.25) is 14.9 Å². The van der Waals surface area contributed by atoms with Crippen LogP contribution in [0.3, 0.4) is 0 Å². The number of nitrogens with zero attached hydrogens (tertiary/aromatic N) is 5. The van der Waals surface area contributed by atoms with Crippen LogP contribution in [0.15, 0.2) is 47.6 Å². The molecule has 0 unspecified atom stereocenters. The summed E-state index contributed by atoms with van der Waals surface area (Å²) in [5.74, 6) is 0.231. The van der Waals surface area contributed by atoms with E-state index in [-0.39, 0.29) is 28.1 Å². The maximum Gasteiger partial charge on any atom is 0.289 e. The summed E-state index contributed by atoms with van der Waals surface area (Å²) in [5.41, 5.74) is 0.636. The first kappa shape index (κ1) is 20.6. The number of nitrogens with one attached hydrogen (secondary N) is 1. The molecule has 1 N–H and O–H groups in total. The number of aromatic nitrogens is 4. The Labute approximate surface area is 174 Å². The lowest BCUT2D eigenvalue weighted by atomic mass is 10.3. The minimum atomic E-state index is -0.614. The topological polar surface area (TPSA) is 125 Å². The van der Waals surface area contributed by atoms with E-state index in [1.54, 1.807) is 12.1 Å². The van der Waals surface area contributed by atoms with Crippen LogP contribution in [0.2, 0.25) is 5.02 Å². The number of nitro benzene ring substituents is 1. The average molecular weight is 435 g/mol. The second-order valence-corrected chi connectivity index (χ2v) is 6.88. The highest BCUT2D eigenvalue weighted by molar-refractivity contribution is 7.99. The van der Waals surface area contributed by atoms with Crippen molar-refractivity contribution >= 4 is 40.6 Å². The Kier molecular flexibility index (Phi) is 6.62. The molecule has 0 bridgehead atoms. The number of ether oxygens (including phenoxy) is 1. The molecule has 1 amide bonds. The van der Waals surface area contributed by atoms with Gasteiger partial charge in [-0.25, -0.2) is 0 Å². The fourth-order valence-corrected chi connectivity index (χ4v) is 3.26. The maximum absolute atomic E-state index is 12.3. The Balaban J connectivity index is 1.69. The quantitative estimate of drug-likeness (QED) is 0.325. The molecule has 0 radical (unpaired) electrons. The minimum Gasteiger partial charge on any atom is -0.492 e. The third-order valence-corrected chi connectivity index (χ3v) is 4.83. The lowest BCUT2D eigenvalue weighted by molar-refractivity contribution is -0.384. The molecule has 12 heteroatoms. The first-order valence-electron chi connectivity index (χ1n) is 8.36. The number of nitro groups is 1. The fourth-order valence-electron chi connectivity index (χ4n) is 2.39. The Hall–Kier alpha value is -3.18. The van der Waals surface area contributed by atoms with Crippen molar-refractivity contribution in [3.63, 3.8) is 0 Å². The molecule has 1 heterocycles. The SMILES string of the molecule is CCOc1ccccc1-n1nnnc1SCC(=O)Nc1ccc(Cl)c([N+](=O)[O-])c1. The Morgan fingerprint density at radius 1 is 1.34 bits per heavy atom. The van der Waals surface area contributed by atoms with Crippen molar-refractivity contribution in [2.75, 3.05) is 17.7 Å². The van der Waals surface area contributed by atoms with E-state index in [9.17, 15) is 14.9 Å². The third kappa shape index (κ3) is 5.00. The van der Waals surface area contributed by atoms with Gasteiger partial charge in [0.15, 0.2) is 0 Å². The molecule has 0 spiro atoms. The monoisotopic (exact) mass is 434 g/mol. The van der Waals surface area contributed by atoms with Gasteiger partial charge in [0.05, 0.1) is 17.3 Å². The number of tetrazole rings is 1. The molecule has 0 aliphatic rings. The average Bonchev–Trinajstić information content (AvgIpc) is 3.17. The Morgan fingerprint density at radius 3 is 2.90 bits per heavy atom. The van der Waals surface area contributed by atoms with Gasteiger partial charge in [-0.05, 0) is 41.6 Å². The van der Waals surface area contributed by atoms with E-state index in [4.69, 9.17) is 16.3 Å². The molecular formula is C17H15ClN6O4S. The predicted octanol–water partition coefficient (Wildman–Crippen LogP) is 3.35. The second-order valence-electron chi connectivity index (χ2n) is 5.53. The van der Waals surface area contributed by atoms with Crippen LogP contribution in [-0.2, 0) is 4.79 Å². The summed E-state index contributed by atoms with van der Waals surface area (Å²) in [5, 5.41) is 25.5. The summed E-state index contributed by atoms with van der Waals surface area (Å²) in [6, 6.07) is 11.3. The van der Waals surface area contributed by atoms with Gasteiger partial charge in [-0.2, -0.15) is 4.68 Å². The van der Waals surface area contributed by atoms with Crippen LogP contribution in [0.4, 0.5) is 11.4 Å². The van der Waals surface area contributed by atoms with Gasteiger partial charge in [0.25, 0.3) is 5.69 Å². The van der Waals surface area contributed by atoms with Crippen LogP contribution in [0.25, 0.3) is 5.69 Å². The Morgan fingerprint density at radius 2 is 2.14 bits per heavy atom. The van der Waals surface area contributed by atoms with Gasteiger partial charge < -0.3 is 10.1 Å². The molecule has 150 valence electrons. The highest BCUT2D eigenvalue weighted by Crippen LogP contribution is 2.28. The number of benzene rings is 2. The largest absolute Gasteiger partial charge is 0.492 e. The maximum atomic E-state index is 12.3. The van der Waals surface area contributed by atoms with Crippen LogP contribution in [0.1, 0.15) is 6.92 Å². The van der Waals surface area contributed by atoms with Crippen molar-refractivity contribution in [1.82, 2.24) is 20.2 Å². The van der Waals surface area contributed by atoms with Gasteiger partial charge >= 0.3 is 0 Å². The van der Waals surface area contributed by atoms with Gasteiger partial charge in [0.1, 0.15) is 16.5 Å². The first-order chi connectivity index (χ1) is 14.0. The standard InChI is InChI=1S/C17H15ClN6O4S/c1-2-28-15-6-4-3-5-13(15)23-17(20-21-22-23)29-10-16(25)19-11-7-8-12(18)14(9-11)24(26)27/h3-9H,2,10H2,1H3,(H,19,25). The van der Waals surface area contributed by atoms with E-state index >= 15 is 0 Å². The lowest BCUT2D eigenvalue weighted by Crippen LogP contribution is -2.15. The van der Waals surface area contributed by atoms with Gasteiger partial charge in [0.2, 0.25) is 11.1 Å². The summed E-state index contributed by atoms with van der Waals surface area (Å²) < 4.78 is 7.07. The minimum absolute atomic E-state index is 0.00508. The molecule has 29 heavy (non-hydrogen) atoms. The van der Waals surface area contributed by atoms with Crippen molar-refractivity contribution in [3.05, 3.63) is 57.6 Å². The molecule has 2 aromatic carbocycles. The van der Waals surface area contributed by atoms with Crippen molar-refractivity contribution in [3.8, 4) is 11.4 Å². The first-order valence-corrected chi connectivity index (χ1v) is 9.73. The molecule has 0 atom stereocenters. The fraction of sp³-hybridized carbons (Fsp3) is 0.176. The molecule has 0 saturated heterocycles. The van der Waals surface area contributed by atoms with Crippen LogP contribution < -0.4 is 10.1 Å². The molecular weight excluding hydrogens is 420 g/mol. The van der Waals surface area contributed by atoms with Gasteiger partial charge in [-0.15, -0.1) is 5.10 Å². The van der Waals surface area contributed by atoms with Gasteiger partial charge in [-0.1, -0.05) is 35.5 Å². The zero-order valence-electron chi connectivity index (χ0n) is 15.1. The van der Waals surface area contributed by atoms with E-state index in [0.29, 0.717) is 23.2 Å².